The van der Waals surface area contributed by atoms with Gasteiger partial charge in [-0.1, -0.05) is 6.07 Å². The van der Waals surface area contributed by atoms with E-state index in [0.29, 0.717) is 0 Å². The number of carbonyl (C=O) groups excluding carboxylic acids is 1. The van der Waals surface area contributed by atoms with E-state index in [9.17, 15) is 45.6 Å². The van der Waals surface area contributed by atoms with Crippen molar-refractivity contribution in [2.75, 3.05) is 6.61 Å². The molecule has 0 saturated carbocycles. The van der Waals surface area contributed by atoms with Crippen LogP contribution >= 0.6 is 0 Å². The molecule has 8 N–H and O–H groups in total. The molecular weight excluding hydrogens is 444 g/mol. The predicted octanol–water partition coefficient (Wildman–Crippen LogP) is -0.990. The van der Waals surface area contributed by atoms with E-state index in [1.807, 2.05) is 0 Å². The smallest absolute Gasteiger partial charge is 0.203 e. The topological polar surface area (TPSA) is 207 Å². The van der Waals surface area contributed by atoms with Gasteiger partial charge in [0.05, 0.1) is 6.61 Å². The van der Waals surface area contributed by atoms with Gasteiger partial charge >= 0.3 is 0 Å². The van der Waals surface area contributed by atoms with Crippen LogP contribution in [0.2, 0.25) is 0 Å². The summed E-state index contributed by atoms with van der Waals surface area (Å²) in [5.74, 6) is -3.00. The molecule has 178 valence electrons. The molecule has 2 aromatic carbocycles. The van der Waals surface area contributed by atoms with Gasteiger partial charge in [-0.2, -0.15) is 0 Å². The highest BCUT2D eigenvalue weighted by atomic mass is 16.7. The SMILES string of the molecule is O=C1c2c(O)cc(O)cc2O[C@H](c2ccc(O)c(O)c2)[C@H]1O[C@@H]1O[C@H](CO)[C@@H](O)[C@@H](O)[C@H]1O. The Morgan fingerprint density at radius 2 is 1.61 bits per heavy atom. The Balaban J connectivity index is 1.75. The van der Waals surface area contributed by atoms with Crippen LogP contribution in [0.4, 0.5) is 0 Å². The maximum Gasteiger partial charge on any atom is 0.203 e. The molecule has 33 heavy (non-hydrogen) atoms. The number of aliphatic hydroxyl groups excluding tert-OH is 4. The second kappa shape index (κ2) is 8.67. The summed E-state index contributed by atoms with van der Waals surface area (Å²) in [4.78, 5) is 13.3. The number of benzene rings is 2. The van der Waals surface area contributed by atoms with Gasteiger partial charge in [0.1, 0.15) is 47.2 Å². The van der Waals surface area contributed by atoms with Crippen LogP contribution in [0.15, 0.2) is 30.3 Å². The minimum Gasteiger partial charge on any atom is -0.508 e. The van der Waals surface area contributed by atoms with E-state index in [1.54, 1.807) is 0 Å². The van der Waals surface area contributed by atoms with Crippen LogP contribution in [0.5, 0.6) is 28.7 Å². The Morgan fingerprint density at radius 3 is 2.27 bits per heavy atom. The minimum absolute atomic E-state index is 0.140. The van der Waals surface area contributed by atoms with Gasteiger partial charge < -0.3 is 55.1 Å². The first-order chi connectivity index (χ1) is 15.6. The highest BCUT2D eigenvalue weighted by molar-refractivity contribution is 6.05. The number of rotatable bonds is 4. The molecule has 1 fully saturated rings. The minimum atomic E-state index is -1.82. The van der Waals surface area contributed by atoms with Crippen molar-refractivity contribution in [1.29, 1.82) is 0 Å². The van der Waals surface area contributed by atoms with Crippen molar-refractivity contribution >= 4 is 5.78 Å². The van der Waals surface area contributed by atoms with Gasteiger partial charge in [0, 0.05) is 12.1 Å². The van der Waals surface area contributed by atoms with E-state index in [4.69, 9.17) is 14.2 Å². The molecule has 2 heterocycles. The molecule has 1 saturated heterocycles. The highest BCUT2D eigenvalue weighted by Gasteiger charge is 2.49. The third kappa shape index (κ3) is 4.04. The molecule has 12 heteroatoms. The molecule has 0 aromatic heterocycles. The van der Waals surface area contributed by atoms with Crippen molar-refractivity contribution < 1.29 is 59.9 Å². The number of phenols is 4. The van der Waals surface area contributed by atoms with E-state index in [-0.39, 0.29) is 22.6 Å². The maximum absolute atomic E-state index is 13.3. The fourth-order valence-electron chi connectivity index (χ4n) is 3.82. The van der Waals surface area contributed by atoms with E-state index in [2.05, 4.69) is 0 Å². The van der Waals surface area contributed by atoms with Crippen LogP contribution < -0.4 is 4.74 Å². The normalized spacial score (nSPS) is 31.6. The summed E-state index contributed by atoms with van der Waals surface area (Å²) in [5, 5.41) is 79.2. The Labute approximate surface area is 186 Å². The molecule has 0 aliphatic carbocycles. The second-order valence-electron chi connectivity index (χ2n) is 7.74. The van der Waals surface area contributed by atoms with Crippen molar-refractivity contribution in [1.82, 2.24) is 0 Å². The maximum atomic E-state index is 13.3. The van der Waals surface area contributed by atoms with Crippen molar-refractivity contribution in [2.45, 2.75) is 42.9 Å². The fourth-order valence-corrected chi connectivity index (χ4v) is 3.82. The Kier molecular flexibility index (Phi) is 6.05. The zero-order valence-corrected chi connectivity index (χ0v) is 16.8. The van der Waals surface area contributed by atoms with Gasteiger partial charge in [-0.3, -0.25) is 4.79 Å². The quantitative estimate of drug-likeness (QED) is 0.256. The number of ketones is 1. The van der Waals surface area contributed by atoms with Crippen molar-refractivity contribution in [3.63, 3.8) is 0 Å². The molecule has 0 spiro atoms. The lowest BCUT2D eigenvalue weighted by molar-refractivity contribution is -0.311. The summed E-state index contributed by atoms with van der Waals surface area (Å²) in [6.07, 6.45) is -11.2. The number of ether oxygens (including phenoxy) is 3. The van der Waals surface area contributed by atoms with Crippen LogP contribution in [-0.4, -0.2) is 90.1 Å². The number of aliphatic hydroxyl groups is 4. The summed E-state index contributed by atoms with van der Waals surface area (Å²) in [6, 6.07) is 5.57. The Bertz CT molecular complexity index is 1050. The average Bonchev–Trinajstić information content (AvgIpc) is 2.76. The Hall–Kier alpha value is -3.13. The molecule has 0 unspecified atom stereocenters. The van der Waals surface area contributed by atoms with Crippen molar-refractivity contribution in [3.05, 3.63) is 41.5 Å². The van der Waals surface area contributed by atoms with Gasteiger partial charge in [-0.15, -0.1) is 0 Å². The monoisotopic (exact) mass is 466 g/mol. The first-order valence-corrected chi connectivity index (χ1v) is 9.87. The van der Waals surface area contributed by atoms with E-state index >= 15 is 0 Å². The number of Topliss-reactive ketones (excluding diaryl/α,β-unsaturated/α-hetero) is 1. The molecule has 2 aliphatic rings. The van der Waals surface area contributed by atoms with Gasteiger partial charge in [-0.25, -0.2) is 0 Å². The Morgan fingerprint density at radius 1 is 0.879 bits per heavy atom. The van der Waals surface area contributed by atoms with Crippen LogP contribution in [0.1, 0.15) is 22.0 Å². The van der Waals surface area contributed by atoms with Crippen LogP contribution in [0.3, 0.4) is 0 Å². The standard InChI is InChI=1S/C21H22O12/c22-6-13-15(27)17(29)18(30)21(32-13)33-20-16(28)14-11(26)4-8(23)5-12(14)31-19(20)7-1-2-9(24)10(25)3-7/h1-5,13,15,17-27,29-30H,6H2/t13-,15-,17-,18-,19-,20+,21+/m1/s1. The number of aromatic hydroxyl groups is 4. The van der Waals surface area contributed by atoms with Crippen molar-refractivity contribution in [2.24, 2.45) is 0 Å². The van der Waals surface area contributed by atoms with Crippen molar-refractivity contribution in [3.8, 4) is 28.7 Å². The van der Waals surface area contributed by atoms with Crippen LogP contribution in [0, 0.1) is 0 Å². The molecule has 12 nitrogen and oxygen atoms in total. The molecule has 2 aromatic rings. The first kappa shape index (κ1) is 23.0. The van der Waals surface area contributed by atoms with Gasteiger partial charge in [0.2, 0.25) is 5.78 Å². The van der Waals surface area contributed by atoms with E-state index in [1.165, 1.54) is 6.07 Å². The summed E-state index contributed by atoms with van der Waals surface area (Å²) >= 11 is 0. The van der Waals surface area contributed by atoms with Crippen LogP contribution in [0.25, 0.3) is 0 Å². The summed E-state index contributed by atoms with van der Waals surface area (Å²) in [6.45, 7) is -0.724. The molecular formula is C21H22O12. The summed E-state index contributed by atoms with van der Waals surface area (Å²) < 4.78 is 16.7. The first-order valence-electron chi connectivity index (χ1n) is 9.87. The lowest BCUT2D eigenvalue weighted by atomic mass is 9.92. The highest BCUT2D eigenvalue weighted by Crippen LogP contribution is 2.44. The zero-order chi connectivity index (χ0) is 24.0. The molecule has 7 atom stereocenters. The van der Waals surface area contributed by atoms with E-state index in [0.717, 1.165) is 24.3 Å². The largest absolute Gasteiger partial charge is 0.508 e. The zero-order valence-electron chi connectivity index (χ0n) is 16.8. The number of hydrogen-bond donors (Lipinski definition) is 8. The molecule has 0 bridgehead atoms. The molecule has 4 rings (SSSR count). The van der Waals surface area contributed by atoms with Crippen LogP contribution in [-0.2, 0) is 9.47 Å². The lowest BCUT2D eigenvalue weighted by Gasteiger charge is -2.42. The van der Waals surface area contributed by atoms with Gasteiger partial charge in [-0.05, 0) is 17.7 Å². The predicted molar refractivity (Wildman–Crippen MR) is 106 cm³/mol. The third-order valence-corrected chi connectivity index (χ3v) is 5.56. The average molecular weight is 466 g/mol. The van der Waals surface area contributed by atoms with Gasteiger partial charge in [0.25, 0.3) is 0 Å². The number of hydrogen-bond acceptors (Lipinski definition) is 12. The second-order valence-corrected chi connectivity index (χ2v) is 7.74. The number of fused-ring (bicyclic) bond motifs is 1. The van der Waals surface area contributed by atoms with Gasteiger partial charge in [0.15, 0.2) is 30.0 Å². The lowest BCUT2D eigenvalue weighted by Crippen LogP contribution is -2.60. The summed E-state index contributed by atoms with van der Waals surface area (Å²) in [5.41, 5.74) is -0.191. The number of phenolic OH excluding ortho intramolecular Hbond substituents is 4. The molecule has 2 aliphatic heterocycles. The molecule has 0 radical (unpaired) electrons. The fraction of sp³-hybridized carbons (Fsp3) is 0.381. The summed E-state index contributed by atoms with van der Waals surface area (Å²) in [7, 11) is 0. The molecule has 0 amide bonds. The van der Waals surface area contributed by atoms with E-state index < -0.39 is 72.6 Å². The number of carbonyl (C=O) groups is 1. The third-order valence-electron chi connectivity index (χ3n) is 5.56.